The molecule has 170 valence electrons. The molecule has 1 saturated heterocycles. The van der Waals surface area contributed by atoms with Gasteiger partial charge in [-0.3, -0.25) is 4.79 Å². The third-order valence-electron chi connectivity index (χ3n) is 5.34. The minimum absolute atomic E-state index is 0.163. The molecule has 0 aromatic rings. The van der Waals surface area contributed by atoms with Crippen molar-refractivity contribution < 1.29 is 29.6 Å². The lowest BCUT2D eigenvalue weighted by atomic mass is 10.1. The van der Waals surface area contributed by atoms with Crippen LogP contribution < -0.4 is 0 Å². The summed E-state index contributed by atoms with van der Waals surface area (Å²) in [6.07, 6.45) is 15.3. The summed E-state index contributed by atoms with van der Waals surface area (Å²) in [5.41, 5.74) is 0. The molecule has 0 spiro atoms. The van der Waals surface area contributed by atoms with E-state index in [0.29, 0.717) is 0 Å². The van der Waals surface area contributed by atoms with Crippen LogP contribution >= 0.6 is 0 Å². The van der Waals surface area contributed by atoms with Gasteiger partial charge in [-0.1, -0.05) is 70.4 Å². The van der Waals surface area contributed by atoms with E-state index >= 15 is 0 Å². The number of esters is 1. The van der Waals surface area contributed by atoms with Crippen LogP contribution in [0.4, 0.5) is 0 Å². The summed E-state index contributed by atoms with van der Waals surface area (Å²) in [4.78, 5) is 11.8. The third kappa shape index (κ3) is 12.4. The maximum absolute atomic E-state index is 11.8. The van der Waals surface area contributed by atoms with Crippen LogP contribution in [0.2, 0.25) is 0 Å². The molecule has 0 saturated carbocycles. The van der Waals surface area contributed by atoms with Crippen LogP contribution in [0.1, 0.15) is 96.8 Å². The first kappa shape index (κ1) is 26.1. The van der Waals surface area contributed by atoms with E-state index in [2.05, 4.69) is 19.1 Å². The second-order valence-corrected chi connectivity index (χ2v) is 8.07. The van der Waals surface area contributed by atoms with Gasteiger partial charge in [0.15, 0.2) is 0 Å². The quantitative estimate of drug-likeness (QED) is 0.201. The zero-order valence-corrected chi connectivity index (χ0v) is 18.1. The summed E-state index contributed by atoms with van der Waals surface area (Å²) >= 11 is 0. The van der Waals surface area contributed by atoms with Crippen molar-refractivity contribution in [3.63, 3.8) is 0 Å². The van der Waals surface area contributed by atoms with Gasteiger partial charge in [-0.05, 0) is 32.1 Å². The number of hydrogen-bond donors (Lipinski definition) is 3. The summed E-state index contributed by atoms with van der Waals surface area (Å²) < 4.78 is 10.1. The number of rotatable bonds is 16. The maximum atomic E-state index is 11.8. The number of carbonyl (C=O) groups is 1. The zero-order chi connectivity index (χ0) is 21.3. The molecule has 0 aliphatic carbocycles. The monoisotopic (exact) mass is 414 g/mol. The van der Waals surface area contributed by atoms with Crippen molar-refractivity contribution in [2.45, 2.75) is 121 Å². The standard InChI is InChI=1S/C23H42O6/c1-2-3-4-5-6-7-8-9-10-11-12-13-14-15-16-17-20(25)29-23-22(27)21(26)19(24)18-28-23/h9-10,19,21-24,26-27H,2-8,11-18H2,1H3/t19-,21-,22+,23+/m1/s1. The predicted octanol–water partition coefficient (Wildman–Crippen LogP) is 4.01. The first-order chi connectivity index (χ1) is 14.1. The fourth-order valence-corrected chi connectivity index (χ4v) is 3.41. The molecule has 1 fully saturated rings. The lowest BCUT2D eigenvalue weighted by Crippen LogP contribution is -2.54. The van der Waals surface area contributed by atoms with Gasteiger partial charge in [-0.15, -0.1) is 0 Å². The molecule has 1 aliphatic rings. The van der Waals surface area contributed by atoms with Crippen LogP contribution in [0.5, 0.6) is 0 Å². The molecule has 0 unspecified atom stereocenters. The van der Waals surface area contributed by atoms with Gasteiger partial charge in [-0.2, -0.15) is 0 Å². The van der Waals surface area contributed by atoms with Crippen LogP contribution in [-0.2, 0) is 14.3 Å². The Balaban J connectivity index is 1.90. The molecule has 4 atom stereocenters. The first-order valence-electron chi connectivity index (χ1n) is 11.6. The highest BCUT2D eigenvalue weighted by Crippen LogP contribution is 2.18. The average molecular weight is 415 g/mol. The molecule has 29 heavy (non-hydrogen) atoms. The van der Waals surface area contributed by atoms with E-state index in [-0.39, 0.29) is 13.0 Å². The van der Waals surface area contributed by atoms with Gasteiger partial charge in [0.2, 0.25) is 6.29 Å². The fraction of sp³-hybridized carbons (Fsp3) is 0.870. The molecule has 0 amide bonds. The Morgan fingerprint density at radius 1 is 0.862 bits per heavy atom. The summed E-state index contributed by atoms with van der Waals surface area (Å²) in [5.74, 6) is -0.449. The van der Waals surface area contributed by atoms with Gasteiger partial charge >= 0.3 is 5.97 Å². The van der Waals surface area contributed by atoms with E-state index in [9.17, 15) is 20.1 Å². The Labute approximate surface area is 176 Å². The van der Waals surface area contributed by atoms with Crippen molar-refractivity contribution >= 4 is 5.97 Å². The predicted molar refractivity (Wildman–Crippen MR) is 113 cm³/mol. The smallest absolute Gasteiger partial charge is 0.308 e. The van der Waals surface area contributed by atoms with E-state index in [4.69, 9.17) is 9.47 Å². The van der Waals surface area contributed by atoms with Gasteiger partial charge in [0.1, 0.15) is 18.3 Å². The largest absolute Gasteiger partial charge is 0.433 e. The van der Waals surface area contributed by atoms with Gasteiger partial charge in [-0.25, -0.2) is 0 Å². The van der Waals surface area contributed by atoms with Crippen molar-refractivity contribution in [3.8, 4) is 0 Å². The third-order valence-corrected chi connectivity index (χ3v) is 5.34. The van der Waals surface area contributed by atoms with E-state index < -0.39 is 30.6 Å². The van der Waals surface area contributed by atoms with E-state index in [1.807, 2.05) is 0 Å². The Morgan fingerprint density at radius 3 is 2.03 bits per heavy atom. The Morgan fingerprint density at radius 2 is 1.41 bits per heavy atom. The summed E-state index contributed by atoms with van der Waals surface area (Å²) in [5, 5.41) is 28.7. The topological polar surface area (TPSA) is 96.2 Å². The second kappa shape index (κ2) is 16.8. The van der Waals surface area contributed by atoms with Crippen LogP contribution in [0.25, 0.3) is 0 Å². The normalized spacial score (nSPS) is 24.8. The van der Waals surface area contributed by atoms with Crippen LogP contribution in [-0.4, -0.2) is 52.5 Å². The Bertz CT molecular complexity index is 439. The van der Waals surface area contributed by atoms with Crippen molar-refractivity contribution in [1.29, 1.82) is 0 Å². The highest BCUT2D eigenvalue weighted by Gasteiger charge is 2.39. The molecular formula is C23H42O6. The molecule has 1 heterocycles. The van der Waals surface area contributed by atoms with Crippen molar-refractivity contribution in [1.82, 2.24) is 0 Å². The highest BCUT2D eigenvalue weighted by molar-refractivity contribution is 5.69. The molecule has 0 radical (unpaired) electrons. The van der Waals surface area contributed by atoms with E-state index in [1.165, 1.54) is 51.4 Å². The maximum Gasteiger partial charge on any atom is 0.308 e. The summed E-state index contributed by atoms with van der Waals surface area (Å²) in [6.45, 7) is 2.08. The lowest BCUT2D eigenvalue weighted by molar-refractivity contribution is -0.262. The van der Waals surface area contributed by atoms with Crippen molar-refractivity contribution in [2.75, 3.05) is 6.61 Å². The van der Waals surface area contributed by atoms with E-state index in [1.54, 1.807) is 0 Å². The minimum atomic E-state index is -1.42. The number of carbonyl (C=O) groups excluding carboxylic acids is 1. The second-order valence-electron chi connectivity index (χ2n) is 8.07. The Kier molecular flexibility index (Phi) is 15.1. The number of hydrogen-bond acceptors (Lipinski definition) is 6. The van der Waals surface area contributed by atoms with Crippen LogP contribution in [0, 0.1) is 0 Å². The SMILES string of the molecule is CCCCCCCCC=CCCCCCCCC(=O)O[C@@H]1OC[C@@H](O)[C@@H](O)[C@@H]1O. The number of ether oxygens (including phenoxy) is 2. The first-order valence-corrected chi connectivity index (χ1v) is 11.6. The van der Waals surface area contributed by atoms with E-state index in [0.717, 1.165) is 32.1 Å². The van der Waals surface area contributed by atoms with Gasteiger partial charge < -0.3 is 24.8 Å². The summed E-state index contributed by atoms with van der Waals surface area (Å²) in [6, 6.07) is 0. The molecular weight excluding hydrogens is 372 g/mol. The molecule has 0 aromatic heterocycles. The van der Waals surface area contributed by atoms with Gasteiger partial charge in [0.25, 0.3) is 0 Å². The molecule has 3 N–H and O–H groups in total. The molecule has 0 bridgehead atoms. The summed E-state index contributed by atoms with van der Waals surface area (Å²) in [7, 11) is 0. The van der Waals surface area contributed by atoms with Crippen LogP contribution in [0.3, 0.4) is 0 Å². The molecule has 1 aliphatic heterocycles. The Hall–Kier alpha value is -0.950. The number of unbranched alkanes of at least 4 members (excludes halogenated alkanes) is 11. The average Bonchev–Trinajstić information content (AvgIpc) is 2.71. The van der Waals surface area contributed by atoms with Crippen molar-refractivity contribution in [3.05, 3.63) is 12.2 Å². The van der Waals surface area contributed by atoms with Crippen molar-refractivity contribution in [2.24, 2.45) is 0 Å². The van der Waals surface area contributed by atoms with Crippen LogP contribution in [0.15, 0.2) is 12.2 Å². The minimum Gasteiger partial charge on any atom is -0.433 e. The molecule has 6 heteroatoms. The molecule has 0 aromatic carbocycles. The molecule has 1 rings (SSSR count). The van der Waals surface area contributed by atoms with Gasteiger partial charge in [0.05, 0.1) is 6.61 Å². The number of aliphatic hydroxyl groups excluding tert-OH is 3. The molecule has 6 nitrogen and oxygen atoms in total. The number of allylic oxidation sites excluding steroid dienone is 2. The lowest BCUT2D eigenvalue weighted by Gasteiger charge is -2.34. The fourth-order valence-electron chi connectivity index (χ4n) is 3.41. The number of aliphatic hydroxyl groups is 3. The highest BCUT2D eigenvalue weighted by atomic mass is 16.7. The zero-order valence-electron chi connectivity index (χ0n) is 18.1. The van der Waals surface area contributed by atoms with Gasteiger partial charge in [0, 0.05) is 6.42 Å².